The zero-order valence-corrected chi connectivity index (χ0v) is 13.3. The first-order chi connectivity index (χ1) is 11.8. The monoisotopic (exact) mass is 314 g/mol. The highest BCUT2D eigenvalue weighted by Gasteiger charge is 2.14. The van der Waals surface area contributed by atoms with Gasteiger partial charge in [0, 0.05) is 5.56 Å². The second kappa shape index (κ2) is 7.42. The fourth-order valence-electron chi connectivity index (χ4n) is 2.44. The van der Waals surface area contributed by atoms with Crippen LogP contribution in [0.15, 0.2) is 85.4 Å². The lowest BCUT2D eigenvalue weighted by molar-refractivity contribution is 0.103. The topological polar surface area (TPSA) is 26.3 Å². The zero-order chi connectivity index (χ0) is 16.8. The Morgan fingerprint density at radius 3 is 2.25 bits per heavy atom. The number of hydrogen-bond donors (Lipinski definition) is 0. The molecule has 0 N–H and O–H groups in total. The Labute approximate surface area is 142 Å². The predicted octanol–water partition coefficient (Wildman–Crippen LogP) is 5.14. The average molecular weight is 314 g/mol. The Hall–Kier alpha value is -3.13. The molecule has 3 aromatic carbocycles. The van der Waals surface area contributed by atoms with Crippen LogP contribution < -0.4 is 4.74 Å². The summed E-state index contributed by atoms with van der Waals surface area (Å²) in [5.41, 5.74) is 3.34. The smallest absolute Gasteiger partial charge is 0.196 e. The molecule has 0 aliphatic heterocycles. The van der Waals surface area contributed by atoms with Crippen LogP contribution in [0.25, 0.3) is 6.08 Å². The van der Waals surface area contributed by atoms with Crippen LogP contribution >= 0.6 is 0 Å². The van der Waals surface area contributed by atoms with Gasteiger partial charge >= 0.3 is 0 Å². The molecule has 0 spiro atoms. The summed E-state index contributed by atoms with van der Waals surface area (Å²) in [5.74, 6) is 0.562. The Kier molecular flexibility index (Phi) is 4.87. The number of rotatable bonds is 6. The fraction of sp³-hybridized carbons (Fsp3) is 0.0455. The molecule has 0 fully saturated rings. The predicted molar refractivity (Wildman–Crippen MR) is 97.2 cm³/mol. The molecule has 0 unspecified atom stereocenters. The van der Waals surface area contributed by atoms with Crippen LogP contribution in [-0.2, 0) is 6.61 Å². The lowest BCUT2D eigenvalue weighted by Crippen LogP contribution is -2.05. The van der Waals surface area contributed by atoms with E-state index in [4.69, 9.17) is 4.74 Å². The van der Waals surface area contributed by atoms with Gasteiger partial charge in [-0.25, -0.2) is 0 Å². The molecule has 0 heterocycles. The minimum atomic E-state index is -0.0341. The maximum Gasteiger partial charge on any atom is 0.196 e. The number of ether oxygens (including phenoxy) is 1. The molecule has 0 radical (unpaired) electrons. The summed E-state index contributed by atoms with van der Waals surface area (Å²) in [5, 5.41) is 0. The van der Waals surface area contributed by atoms with Gasteiger partial charge < -0.3 is 4.74 Å². The van der Waals surface area contributed by atoms with Gasteiger partial charge in [0.25, 0.3) is 0 Å². The number of carbonyl (C=O) groups excluding carboxylic acids is 1. The third kappa shape index (κ3) is 3.61. The summed E-state index contributed by atoms with van der Waals surface area (Å²) in [6.07, 6.45) is 1.80. The quantitative estimate of drug-likeness (QED) is 0.589. The molecular weight excluding hydrogens is 296 g/mol. The van der Waals surface area contributed by atoms with E-state index in [0.29, 0.717) is 23.5 Å². The van der Waals surface area contributed by atoms with E-state index >= 15 is 0 Å². The number of carbonyl (C=O) groups is 1. The molecule has 0 atom stereocenters. The van der Waals surface area contributed by atoms with Gasteiger partial charge in [-0.1, -0.05) is 79.4 Å². The maximum atomic E-state index is 12.7. The Morgan fingerprint density at radius 1 is 0.875 bits per heavy atom. The van der Waals surface area contributed by atoms with Crippen molar-refractivity contribution in [2.45, 2.75) is 6.61 Å². The third-order valence-corrected chi connectivity index (χ3v) is 3.78. The molecular formula is C22H18O2. The maximum absolute atomic E-state index is 12.7. The van der Waals surface area contributed by atoms with Crippen LogP contribution in [0.2, 0.25) is 0 Å². The van der Waals surface area contributed by atoms with E-state index in [1.54, 1.807) is 12.1 Å². The highest BCUT2D eigenvalue weighted by Crippen LogP contribution is 2.22. The van der Waals surface area contributed by atoms with Crippen LogP contribution in [-0.4, -0.2) is 5.78 Å². The molecule has 2 heteroatoms. The average Bonchev–Trinajstić information content (AvgIpc) is 2.67. The van der Waals surface area contributed by atoms with Crippen molar-refractivity contribution in [3.63, 3.8) is 0 Å². The van der Waals surface area contributed by atoms with Crippen LogP contribution in [0.4, 0.5) is 0 Å². The number of hydrogen-bond acceptors (Lipinski definition) is 2. The molecule has 0 amide bonds. The molecule has 0 saturated carbocycles. The van der Waals surface area contributed by atoms with Crippen molar-refractivity contribution < 1.29 is 9.53 Å². The number of ketones is 1. The normalized spacial score (nSPS) is 10.2. The van der Waals surface area contributed by atoms with Gasteiger partial charge in [-0.2, -0.15) is 0 Å². The molecule has 0 aliphatic carbocycles. The first-order valence-corrected chi connectivity index (χ1v) is 7.81. The molecule has 0 saturated heterocycles. The third-order valence-electron chi connectivity index (χ3n) is 3.78. The summed E-state index contributed by atoms with van der Waals surface area (Å²) >= 11 is 0. The number of para-hydroxylation sites is 1. The van der Waals surface area contributed by atoms with Gasteiger partial charge in [0.2, 0.25) is 0 Å². The van der Waals surface area contributed by atoms with Crippen molar-refractivity contribution in [3.05, 3.63) is 108 Å². The highest BCUT2D eigenvalue weighted by molar-refractivity contribution is 6.10. The largest absolute Gasteiger partial charge is 0.488 e. The van der Waals surface area contributed by atoms with Crippen LogP contribution in [0.1, 0.15) is 27.0 Å². The van der Waals surface area contributed by atoms with Crippen LogP contribution in [0, 0.1) is 0 Å². The van der Waals surface area contributed by atoms with Crippen molar-refractivity contribution in [1.29, 1.82) is 0 Å². The summed E-state index contributed by atoms with van der Waals surface area (Å²) in [4.78, 5) is 12.7. The van der Waals surface area contributed by atoms with Gasteiger partial charge in [-0.3, -0.25) is 4.79 Å². The van der Waals surface area contributed by atoms with E-state index in [1.165, 1.54) is 0 Å². The first-order valence-electron chi connectivity index (χ1n) is 7.81. The van der Waals surface area contributed by atoms with Crippen LogP contribution in [0.3, 0.4) is 0 Å². The van der Waals surface area contributed by atoms with E-state index in [9.17, 15) is 4.79 Å². The summed E-state index contributed by atoms with van der Waals surface area (Å²) in [6.45, 7) is 4.16. The number of benzene rings is 3. The van der Waals surface area contributed by atoms with Gasteiger partial charge in [-0.15, -0.1) is 0 Å². The van der Waals surface area contributed by atoms with E-state index < -0.39 is 0 Å². The molecule has 0 aromatic heterocycles. The van der Waals surface area contributed by atoms with Crippen molar-refractivity contribution >= 4 is 11.9 Å². The molecule has 24 heavy (non-hydrogen) atoms. The first kappa shape index (κ1) is 15.8. The lowest BCUT2D eigenvalue weighted by atomic mass is 10.0. The van der Waals surface area contributed by atoms with E-state index in [0.717, 1.165) is 11.1 Å². The second-order valence-corrected chi connectivity index (χ2v) is 5.43. The minimum absolute atomic E-state index is 0.0341. The fourth-order valence-corrected chi connectivity index (χ4v) is 2.44. The molecule has 3 aromatic rings. The zero-order valence-electron chi connectivity index (χ0n) is 13.3. The van der Waals surface area contributed by atoms with Crippen molar-refractivity contribution in [2.24, 2.45) is 0 Å². The van der Waals surface area contributed by atoms with E-state index in [1.807, 2.05) is 72.8 Å². The van der Waals surface area contributed by atoms with Gasteiger partial charge in [0.15, 0.2) is 5.78 Å². The Morgan fingerprint density at radius 2 is 1.54 bits per heavy atom. The molecule has 0 bridgehead atoms. The van der Waals surface area contributed by atoms with E-state index in [2.05, 4.69) is 6.58 Å². The van der Waals surface area contributed by atoms with Gasteiger partial charge in [0.1, 0.15) is 12.4 Å². The molecule has 0 aliphatic rings. The molecule has 3 rings (SSSR count). The Bertz CT molecular complexity index is 833. The molecule has 118 valence electrons. The SMILES string of the molecule is C=Cc1ccc(COc2ccccc2C(=O)c2ccccc2)cc1. The van der Waals surface area contributed by atoms with Crippen molar-refractivity contribution in [2.75, 3.05) is 0 Å². The summed E-state index contributed by atoms with van der Waals surface area (Å²) in [7, 11) is 0. The highest BCUT2D eigenvalue weighted by atomic mass is 16.5. The molecule has 2 nitrogen and oxygen atoms in total. The van der Waals surface area contributed by atoms with E-state index in [-0.39, 0.29) is 5.78 Å². The summed E-state index contributed by atoms with van der Waals surface area (Å²) in [6, 6.07) is 24.6. The van der Waals surface area contributed by atoms with Crippen molar-refractivity contribution in [3.8, 4) is 5.75 Å². The van der Waals surface area contributed by atoms with Crippen molar-refractivity contribution in [1.82, 2.24) is 0 Å². The van der Waals surface area contributed by atoms with Gasteiger partial charge in [-0.05, 0) is 23.3 Å². The minimum Gasteiger partial charge on any atom is -0.488 e. The standard InChI is InChI=1S/C22H18O2/c1-2-17-12-14-18(15-13-17)16-24-21-11-7-6-10-20(21)22(23)19-8-4-3-5-9-19/h2-15H,1,16H2. The Balaban J connectivity index is 1.79. The summed E-state index contributed by atoms with van der Waals surface area (Å²) < 4.78 is 5.89. The second-order valence-electron chi connectivity index (χ2n) is 5.43. The lowest BCUT2D eigenvalue weighted by Gasteiger charge is -2.11. The van der Waals surface area contributed by atoms with Crippen LogP contribution in [0.5, 0.6) is 5.75 Å². The van der Waals surface area contributed by atoms with Gasteiger partial charge in [0.05, 0.1) is 5.56 Å².